The number of hydrogen-bond acceptors (Lipinski definition) is 4. The van der Waals surface area contributed by atoms with Crippen LogP contribution in [0.2, 0.25) is 0 Å². The molecule has 6 nitrogen and oxygen atoms in total. The predicted octanol–water partition coefficient (Wildman–Crippen LogP) is 2.55. The van der Waals surface area contributed by atoms with Gasteiger partial charge in [0.15, 0.2) is 0 Å². The molecule has 6 heteroatoms. The Balaban J connectivity index is 2.00. The molecule has 0 N–H and O–H groups in total. The molecule has 0 amide bonds. The Morgan fingerprint density at radius 3 is 2.70 bits per heavy atom. The summed E-state index contributed by atoms with van der Waals surface area (Å²) in [6.45, 7) is 0.164. The highest BCUT2D eigenvalue weighted by atomic mass is 16.6. The van der Waals surface area contributed by atoms with Crippen molar-refractivity contribution < 1.29 is 9.34 Å². The van der Waals surface area contributed by atoms with E-state index < -0.39 is 4.92 Å². The molecule has 3 aromatic rings. The van der Waals surface area contributed by atoms with Crippen molar-refractivity contribution in [3.05, 3.63) is 74.9 Å². The molecular weight excluding hydrogens is 260 g/mol. The zero-order chi connectivity index (χ0) is 14.1. The lowest BCUT2D eigenvalue weighted by Crippen LogP contribution is -2.19. The lowest BCUT2D eigenvalue weighted by molar-refractivity contribution is -0.402. The number of nitrogens with zero attached hydrogens (tertiary/aromatic N) is 2. The third-order valence-corrected chi connectivity index (χ3v) is 3.04. The molecule has 2 aromatic heterocycles. The topological polar surface area (TPSA) is 78.3 Å². The SMILES string of the molecule is O=c1c2ccccc2ccn1Cc1ccc([N+](=O)[O-])o1. The minimum Gasteiger partial charge on any atom is -0.404 e. The summed E-state index contributed by atoms with van der Waals surface area (Å²) >= 11 is 0. The molecule has 3 rings (SSSR count). The normalized spacial score (nSPS) is 10.8. The van der Waals surface area contributed by atoms with Crippen LogP contribution < -0.4 is 5.56 Å². The second-order valence-corrected chi connectivity index (χ2v) is 4.33. The zero-order valence-corrected chi connectivity index (χ0v) is 10.4. The summed E-state index contributed by atoms with van der Waals surface area (Å²) in [5.41, 5.74) is -0.151. The quantitative estimate of drug-likeness (QED) is 0.541. The predicted molar refractivity (Wildman–Crippen MR) is 72.7 cm³/mol. The Bertz CT molecular complexity index is 848. The van der Waals surface area contributed by atoms with Gasteiger partial charge in [0.2, 0.25) is 0 Å². The molecule has 0 saturated carbocycles. The maximum absolute atomic E-state index is 12.3. The van der Waals surface area contributed by atoms with Gasteiger partial charge in [-0.25, -0.2) is 0 Å². The molecule has 0 saturated heterocycles. The van der Waals surface area contributed by atoms with Gasteiger partial charge in [-0.2, -0.15) is 0 Å². The Morgan fingerprint density at radius 2 is 1.95 bits per heavy atom. The summed E-state index contributed by atoms with van der Waals surface area (Å²) in [5, 5.41) is 12.0. The summed E-state index contributed by atoms with van der Waals surface area (Å²) in [6, 6.07) is 11.9. The van der Waals surface area contributed by atoms with Crippen LogP contribution in [0, 0.1) is 10.1 Å². The van der Waals surface area contributed by atoms with Gasteiger partial charge in [0.1, 0.15) is 10.7 Å². The maximum atomic E-state index is 12.3. The monoisotopic (exact) mass is 270 g/mol. The van der Waals surface area contributed by atoms with Crippen molar-refractivity contribution >= 4 is 16.7 Å². The number of furan rings is 1. The number of nitro groups is 1. The van der Waals surface area contributed by atoms with Gasteiger partial charge in [0.05, 0.1) is 12.6 Å². The fraction of sp³-hybridized carbons (Fsp3) is 0.0714. The molecular formula is C14H10N2O4. The largest absolute Gasteiger partial charge is 0.433 e. The number of fused-ring (bicyclic) bond motifs is 1. The van der Waals surface area contributed by atoms with Crippen molar-refractivity contribution in [1.82, 2.24) is 4.57 Å². The average molecular weight is 270 g/mol. The van der Waals surface area contributed by atoms with E-state index >= 15 is 0 Å². The first-order valence-corrected chi connectivity index (χ1v) is 5.96. The first-order chi connectivity index (χ1) is 9.65. The second kappa shape index (κ2) is 4.65. The second-order valence-electron chi connectivity index (χ2n) is 4.33. The standard InChI is InChI=1S/C14H10N2O4/c17-14-12-4-2-1-3-10(12)7-8-15(14)9-11-5-6-13(20-11)16(18)19/h1-8H,9H2. The zero-order valence-electron chi connectivity index (χ0n) is 10.4. The first-order valence-electron chi connectivity index (χ1n) is 5.96. The van der Waals surface area contributed by atoms with Gasteiger partial charge in [-0.3, -0.25) is 14.9 Å². The summed E-state index contributed by atoms with van der Waals surface area (Å²) in [5.74, 6) is 0.0444. The van der Waals surface area contributed by atoms with Crippen molar-refractivity contribution in [1.29, 1.82) is 0 Å². The van der Waals surface area contributed by atoms with Gasteiger partial charge in [-0.05, 0) is 23.6 Å². The van der Waals surface area contributed by atoms with Gasteiger partial charge < -0.3 is 8.98 Å². The van der Waals surface area contributed by atoms with Crippen LogP contribution in [0.1, 0.15) is 5.76 Å². The first kappa shape index (κ1) is 12.2. The van der Waals surface area contributed by atoms with E-state index in [0.29, 0.717) is 11.1 Å². The molecule has 0 atom stereocenters. The van der Waals surface area contributed by atoms with Gasteiger partial charge in [0, 0.05) is 11.6 Å². The average Bonchev–Trinajstić information content (AvgIpc) is 2.91. The molecule has 0 aliphatic rings. The number of benzene rings is 1. The van der Waals surface area contributed by atoms with Crippen molar-refractivity contribution in [3.63, 3.8) is 0 Å². The van der Waals surface area contributed by atoms with Gasteiger partial charge in [0.25, 0.3) is 5.56 Å². The molecule has 0 unspecified atom stereocenters. The Morgan fingerprint density at radius 1 is 1.15 bits per heavy atom. The molecule has 0 spiro atoms. The van der Waals surface area contributed by atoms with Crippen LogP contribution in [-0.4, -0.2) is 9.49 Å². The number of aromatic nitrogens is 1. The van der Waals surface area contributed by atoms with Crippen molar-refractivity contribution in [2.24, 2.45) is 0 Å². The van der Waals surface area contributed by atoms with Crippen LogP contribution in [0.3, 0.4) is 0 Å². The maximum Gasteiger partial charge on any atom is 0.433 e. The number of rotatable bonds is 3. The number of pyridine rings is 1. The van der Waals surface area contributed by atoms with Crippen LogP contribution in [0.4, 0.5) is 5.88 Å². The molecule has 0 fully saturated rings. The van der Waals surface area contributed by atoms with Crippen molar-refractivity contribution in [2.45, 2.75) is 6.54 Å². The van der Waals surface area contributed by atoms with Crippen molar-refractivity contribution in [3.8, 4) is 0 Å². The smallest absolute Gasteiger partial charge is 0.404 e. The molecule has 20 heavy (non-hydrogen) atoms. The van der Waals surface area contributed by atoms with E-state index in [4.69, 9.17) is 4.42 Å². The summed E-state index contributed by atoms with van der Waals surface area (Å²) in [7, 11) is 0. The Hall–Kier alpha value is -2.89. The molecule has 100 valence electrons. The lowest BCUT2D eigenvalue weighted by atomic mass is 10.2. The van der Waals surface area contributed by atoms with E-state index in [-0.39, 0.29) is 18.0 Å². The van der Waals surface area contributed by atoms with E-state index in [1.165, 1.54) is 16.7 Å². The highest BCUT2D eigenvalue weighted by molar-refractivity contribution is 5.81. The fourth-order valence-electron chi connectivity index (χ4n) is 2.07. The molecule has 0 aliphatic heterocycles. The van der Waals surface area contributed by atoms with Gasteiger partial charge in [-0.15, -0.1) is 0 Å². The highest BCUT2D eigenvalue weighted by Crippen LogP contribution is 2.16. The van der Waals surface area contributed by atoms with E-state index in [0.717, 1.165) is 5.39 Å². The Kier molecular flexibility index (Phi) is 2.83. The van der Waals surface area contributed by atoms with Crippen molar-refractivity contribution in [2.75, 3.05) is 0 Å². The number of hydrogen-bond donors (Lipinski definition) is 0. The van der Waals surface area contributed by atoms with Crippen LogP contribution >= 0.6 is 0 Å². The van der Waals surface area contributed by atoms with Crippen LogP contribution in [0.25, 0.3) is 10.8 Å². The Labute approximate surface area is 113 Å². The molecule has 0 aliphatic carbocycles. The van der Waals surface area contributed by atoms with Gasteiger partial charge >= 0.3 is 5.88 Å². The van der Waals surface area contributed by atoms with E-state index in [1.54, 1.807) is 18.3 Å². The summed E-state index contributed by atoms with van der Waals surface area (Å²) in [4.78, 5) is 22.2. The summed E-state index contributed by atoms with van der Waals surface area (Å²) < 4.78 is 6.52. The third-order valence-electron chi connectivity index (χ3n) is 3.04. The van der Waals surface area contributed by atoms with E-state index in [1.807, 2.05) is 18.2 Å². The van der Waals surface area contributed by atoms with Crippen LogP contribution in [-0.2, 0) is 6.54 Å². The molecule has 0 radical (unpaired) electrons. The molecule has 0 bridgehead atoms. The highest BCUT2D eigenvalue weighted by Gasteiger charge is 2.12. The van der Waals surface area contributed by atoms with Gasteiger partial charge in [-0.1, -0.05) is 18.2 Å². The molecule has 2 heterocycles. The van der Waals surface area contributed by atoms with E-state index in [2.05, 4.69) is 0 Å². The van der Waals surface area contributed by atoms with Crippen LogP contribution in [0.5, 0.6) is 0 Å². The minimum absolute atomic E-state index is 0.151. The third kappa shape index (κ3) is 2.07. The fourth-order valence-corrected chi connectivity index (χ4v) is 2.07. The molecule has 1 aromatic carbocycles. The van der Waals surface area contributed by atoms with Crippen LogP contribution in [0.15, 0.2) is 57.9 Å². The summed E-state index contributed by atoms with van der Waals surface area (Å²) in [6.07, 6.45) is 1.65. The van der Waals surface area contributed by atoms with E-state index in [9.17, 15) is 14.9 Å². The lowest BCUT2D eigenvalue weighted by Gasteiger charge is -2.04. The minimum atomic E-state index is -0.604.